The minimum Gasteiger partial charge on any atom is -0.395 e. The third-order valence-electron chi connectivity index (χ3n) is 10.1. The van der Waals surface area contributed by atoms with Gasteiger partial charge < -0.3 is 20.0 Å². The number of aliphatic hydroxyl groups excluding tert-OH is 2. The molecule has 0 aromatic carbocycles. The smallest absolute Gasteiger partial charge is 0.123 e. The van der Waals surface area contributed by atoms with E-state index in [4.69, 9.17) is 10.2 Å². The highest BCUT2D eigenvalue weighted by molar-refractivity contribution is 5.94. The van der Waals surface area contributed by atoms with Crippen LogP contribution in [0.15, 0.2) is 34.3 Å². The molecule has 0 radical (unpaired) electrons. The summed E-state index contributed by atoms with van der Waals surface area (Å²) in [6.07, 6.45) is 47.3. The van der Waals surface area contributed by atoms with Crippen molar-refractivity contribution in [2.75, 3.05) is 52.5 Å². The molecule has 0 saturated carbocycles. The van der Waals surface area contributed by atoms with Gasteiger partial charge in [-0.3, -0.25) is 9.98 Å². The van der Waals surface area contributed by atoms with Gasteiger partial charge in [-0.25, -0.2) is 0 Å². The first-order valence-corrected chi connectivity index (χ1v) is 21.9. The molecule has 0 aliphatic carbocycles. The molecule has 6 nitrogen and oxygen atoms in total. The fourth-order valence-corrected chi connectivity index (χ4v) is 6.96. The van der Waals surface area contributed by atoms with Crippen LogP contribution < -0.4 is 0 Å². The predicted molar refractivity (Wildman–Crippen MR) is 221 cm³/mol. The van der Waals surface area contributed by atoms with Crippen LogP contribution >= 0.6 is 0 Å². The van der Waals surface area contributed by atoms with E-state index in [0.29, 0.717) is 6.54 Å². The number of nitrogens with zero attached hydrogens (tertiary/aromatic N) is 4. The summed E-state index contributed by atoms with van der Waals surface area (Å²) in [7, 11) is 0. The molecular weight excluding hydrogens is 617 g/mol. The molecule has 0 spiro atoms. The number of unbranched alkanes of at least 4 members (excludes halogenated alkanes) is 24. The van der Waals surface area contributed by atoms with Gasteiger partial charge in [0, 0.05) is 32.6 Å². The van der Waals surface area contributed by atoms with Crippen LogP contribution in [0.5, 0.6) is 0 Å². The summed E-state index contributed by atoms with van der Waals surface area (Å²) >= 11 is 0. The van der Waals surface area contributed by atoms with Gasteiger partial charge in [0.05, 0.1) is 32.1 Å². The number of rotatable bonds is 34. The van der Waals surface area contributed by atoms with Crippen molar-refractivity contribution in [1.82, 2.24) is 9.80 Å². The van der Waals surface area contributed by atoms with Gasteiger partial charge in [0.2, 0.25) is 0 Å². The zero-order chi connectivity index (χ0) is 36.0. The first-order valence-electron chi connectivity index (χ1n) is 21.9. The van der Waals surface area contributed by atoms with E-state index in [2.05, 4.69) is 57.9 Å². The number of allylic oxidation sites excluding steroid dienone is 3. The van der Waals surface area contributed by atoms with E-state index >= 15 is 0 Å². The van der Waals surface area contributed by atoms with Crippen molar-refractivity contribution in [3.8, 4) is 0 Å². The molecule has 2 aliphatic rings. The van der Waals surface area contributed by atoms with Gasteiger partial charge in [0.1, 0.15) is 5.84 Å². The Balaban J connectivity index is 0.000000500. The summed E-state index contributed by atoms with van der Waals surface area (Å²) < 4.78 is 0. The third-order valence-corrected chi connectivity index (χ3v) is 10.1. The molecule has 0 fully saturated rings. The van der Waals surface area contributed by atoms with Gasteiger partial charge in [0.15, 0.2) is 0 Å². The molecule has 0 unspecified atom stereocenters. The summed E-state index contributed by atoms with van der Waals surface area (Å²) in [5, 5.41) is 18.1. The predicted octanol–water partition coefficient (Wildman–Crippen LogP) is 11.5. The maximum absolute atomic E-state index is 9.05. The van der Waals surface area contributed by atoms with Gasteiger partial charge in [-0.1, -0.05) is 160 Å². The molecule has 292 valence electrons. The van der Waals surface area contributed by atoms with Crippen molar-refractivity contribution >= 4 is 11.7 Å². The number of aliphatic imine (C=N–C) groups is 2. The molecule has 0 amide bonds. The molecule has 0 aromatic rings. The molecular formula is C44H84N4O2. The molecule has 0 bridgehead atoms. The van der Waals surface area contributed by atoms with Gasteiger partial charge in [-0.05, 0) is 51.0 Å². The van der Waals surface area contributed by atoms with Crippen LogP contribution in [0.4, 0.5) is 0 Å². The number of hydrogen-bond donors (Lipinski definition) is 2. The zero-order valence-corrected chi connectivity index (χ0v) is 33.4. The summed E-state index contributed by atoms with van der Waals surface area (Å²) in [4.78, 5) is 13.5. The minimum absolute atomic E-state index is 0.214. The lowest BCUT2D eigenvalue weighted by Crippen LogP contribution is -2.30. The standard InChI is InChI=1S/2C22H42N2O/c2*1-2-3-4-5-6-7-8-9-10-11-12-13-14-15-16-17-22-23-18-19-24(22)20-21-25/h16-17,25H,2-15,18-21H2,1H3;9-10,25H,2-8,11-21H2,1H3. The fraction of sp³-hybridized carbons (Fsp3) is 0.864. The normalized spacial score (nSPS) is 14.6. The van der Waals surface area contributed by atoms with E-state index in [1.807, 2.05) is 0 Å². The summed E-state index contributed by atoms with van der Waals surface area (Å²) in [5.41, 5.74) is 0. The minimum atomic E-state index is 0.214. The van der Waals surface area contributed by atoms with Crippen LogP contribution in [0.3, 0.4) is 0 Å². The topological polar surface area (TPSA) is 71.7 Å². The highest BCUT2D eigenvalue weighted by atomic mass is 16.3. The van der Waals surface area contributed by atoms with Gasteiger partial charge in [0.25, 0.3) is 0 Å². The monoisotopic (exact) mass is 701 g/mol. The van der Waals surface area contributed by atoms with Crippen molar-refractivity contribution in [2.45, 2.75) is 194 Å². The number of hydrogen-bond acceptors (Lipinski definition) is 6. The maximum Gasteiger partial charge on any atom is 0.123 e. The van der Waals surface area contributed by atoms with Gasteiger partial charge in [-0.2, -0.15) is 0 Å². The second kappa shape index (κ2) is 37.1. The Hall–Kier alpha value is -1.66. The van der Waals surface area contributed by atoms with Crippen molar-refractivity contribution in [3.63, 3.8) is 0 Å². The van der Waals surface area contributed by atoms with Crippen molar-refractivity contribution < 1.29 is 10.2 Å². The lowest BCUT2D eigenvalue weighted by atomic mass is 10.0. The fourth-order valence-electron chi connectivity index (χ4n) is 6.96. The van der Waals surface area contributed by atoms with E-state index < -0.39 is 0 Å². The summed E-state index contributed by atoms with van der Waals surface area (Å²) in [6, 6.07) is 0. The SMILES string of the molecule is CCCCCCCCC=CCCCCCCCC1=NCCN1CCO.CCCCCCCCCCCCCCCC=CC1=NCCN1CCO. The quantitative estimate of drug-likeness (QED) is 0.0518. The third kappa shape index (κ3) is 28.0. The molecule has 2 heterocycles. The molecule has 6 heteroatoms. The Kier molecular flexibility index (Phi) is 34.4. The second-order valence-electron chi connectivity index (χ2n) is 14.7. The summed E-state index contributed by atoms with van der Waals surface area (Å²) in [6.45, 7) is 10.2. The highest BCUT2D eigenvalue weighted by Crippen LogP contribution is 2.15. The van der Waals surface area contributed by atoms with Crippen LogP contribution in [0.25, 0.3) is 0 Å². The second-order valence-corrected chi connectivity index (χ2v) is 14.7. The van der Waals surface area contributed by atoms with Gasteiger partial charge in [-0.15, -0.1) is 0 Å². The Morgan fingerprint density at radius 3 is 1.38 bits per heavy atom. The molecule has 2 rings (SSSR count). The maximum atomic E-state index is 9.05. The average molecular weight is 701 g/mol. The Morgan fingerprint density at radius 1 is 0.480 bits per heavy atom. The molecule has 0 aromatic heterocycles. The number of β-amino-alcohol motifs (C(OH)–C–C–N with tert-alkyl or cyclic N) is 2. The van der Waals surface area contributed by atoms with Crippen molar-refractivity contribution in [3.05, 3.63) is 24.3 Å². The number of amidine groups is 2. The number of aliphatic hydroxyl groups is 2. The average Bonchev–Trinajstić information content (AvgIpc) is 3.77. The van der Waals surface area contributed by atoms with E-state index in [9.17, 15) is 0 Å². The molecule has 0 saturated heterocycles. The first kappa shape index (κ1) is 46.4. The Bertz CT molecular complexity index is 840. The van der Waals surface area contributed by atoms with E-state index in [-0.39, 0.29) is 13.2 Å². The lowest BCUT2D eigenvalue weighted by molar-refractivity contribution is 0.255. The Morgan fingerprint density at radius 2 is 0.880 bits per heavy atom. The van der Waals surface area contributed by atoms with Crippen LogP contribution in [-0.4, -0.2) is 84.2 Å². The Labute approximate surface area is 311 Å². The zero-order valence-electron chi connectivity index (χ0n) is 33.4. The largest absolute Gasteiger partial charge is 0.395 e. The first-order chi connectivity index (χ1) is 24.8. The van der Waals surface area contributed by atoms with E-state index in [1.165, 1.54) is 173 Å². The molecule has 2 N–H and O–H groups in total. The van der Waals surface area contributed by atoms with Gasteiger partial charge >= 0.3 is 0 Å². The van der Waals surface area contributed by atoms with Crippen LogP contribution in [0.1, 0.15) is 194 Å². The van der Waals surface area contributed by atoms with Crippen molar-refractivity contribution in [2.24, 2.45) is 9.98 Å². The van der Waals surface area contributed by atoms with Crippen LogP contribution in [0.2, 0.25) is 0 Å². The molecule has 2 aliphatic heterocycles. The molecule has 0 atom stereocenters. The van der Waals surface area contributed by atoms with E-state index in [0.717, 1.165) is 51.4 Å². The van der Waals surface area contributed by atoms with Crippen LogP contribution in [0, 0.1) is 0 Å². The van der Waals surface area contributed by atoms with Crippen LogP contribution in [-0.2, 0) is 0 Å². The lowest BCUT2D eigenvalue weighted by Gasteiger charge is -2.18. The highest BCUT2D eigenvalue weighted by Gasteiger charge is 2.15. The van der Waals surface area contributed by atoms with E-state index in [1.54, 1.807) is 0 Å². The summed E-state index contributed by atoms with van der Waals surface area (Å²) in [5.74, 6) is 2.29. The van der Waals surface area contributed by atoms with Crippen molar-refractivity contribution in [1.29, 1.82) is 0 Å². The molecule has 50 heavy (non-hydrogen) atoms.